The molecule has 0 bridgehead atoms. The molecule has 0 spiro atoms. The maximum Gasteiger partial charge on any atom is 0.278 e. The van der Waals surface area contributed by atoms with Crippen LogP contribution in [0, 0.1) is 19.7 Å². The van der Waals surface area contributed by atoms with E-state index in [2.05, 4.69) is 5.32 Å². The Morgan fingerprint density at radius 3 is 2.18 bits per heavy atom. The molecule has 3 aromatic carbocycles. The summed E-state index contributed by atoms with van der Waals surface area (Å²) in [5.41, 5.74) is 4.40. The Labute approximate surface area is 197 Å². The van der Waals surface area contributed by atoms with Crippen molar-refractivity contribution in [3.8, 4) is 11.5 Å². The number of halogens is 1. The molecule has 0 saturated heterocycles. The molecule has 34 heavy (non-hydrogen) atoms. The van der Waals surface area contributed by atoms with Crippen LogP contribution in [-0.2, 0) is 16.1 Å². The average Bonchev–Trinajstić information content (AvgIpc) is 3.06. The van der Waals surface area contributed by atoms with Crippen LogP contribution in [0.1, 0.15) is 22.3 Å². The summed E-state index contributed by atoms with van der Waals surface area (Å²) in [7, 11) is 3.06. The summed E-state index contributed by atoms with van der Waals surface area (Å²) >= 11 is 0. The molecule has 0 saturated carbocycles. The minimum absolute atomic E-state index is 0.0312. The number of rotatable bonds is 7. The van der Waals surface area contributed by atoms with Crippen LogP contribution in [0.25, 0.3) is 5.57 Å². The van der Waals surface area contributed by atoms with Crippen molar-refractivity contribution in [3.05, 3.63) is 94.4 Å². The first-order valence-electron chi connectivity index (χ1n) is 10.7. The summed E-state index contributed by atoms with van der Waals surface area (Å²) in [6.45, 7) is 3.97. The number of anilines is 1. The molecule has 1 heterocycles. The maximum atomic E-state index is 13.5. The molecule has 0 aliphatic carbocycles. The lowest BCUT2D eigenvalue weighted by atomic mass is 9.99. The van der Waals surface area contributed by atoms with Crippen LogP contribution in [0.4, 0.5) is 10.1 Å². The molecule has 1 N–H and O–H groups in total. The fraction of sp³-hybridized carbons (Fsp3) is 0.185. The van der Waals surface area contributed by atoms with Crippen LogP contribution >= 0.6 is 0 Å². The van der Waals surface area contributed by atoms with Crippen LogP contribution in [0.3, 0.4) is 0 Å². The van der Waals surface area contributed by atoms with Gasteiger partial charge in [-0.25, -0.2) is 4.39 Å². The second-order valence-corrected chi connectivity index (χ2v) is 8.07. The Kier molecular flexibility index (Phi) is 6.36. The molecule has 3 aromatic rings. The lowest BCUT2D eigenvalue weighted by Gasteiger charge is -2.16. The van der Waals surface area contributed by atoms with E-state index in [1.54, 1.807) is 30.3 Å². The fourth-order valence-corrected chi connectivity index (χ4v) is 3.83. The zero-order valence-electron chi connectivity index (χ0n) is 19.4. The van der Waals surface area contributed by atoms with Gasteiger partial charge in [-0.1, -0.05) is 30.3 Å². The van der Waals surface area contributed by atoms with E-state index in [0.717, 1.165) is 11.1 Å². The second-order valence-electron chi connectivity index (χ2n) is 8.07. The third-order valence-corrected chi connectivity index (χ3v) is 5.87. The van der Waals surface area contributed by atoms with Crippen molar-refractivity contribution in [1.29, 1.82) is 0 Å². The molecule has 7 heteroatoms. The lowest BCUT2D eigenvalue weighted by Crippen LogP contribution is -2.32. The number of methoxy groups -OCH3 is 2. The van der Waals surface area contributed by atoms with Gasteiger partial charge in [-0.05, 0) is 60.4 Å². The topological polar surface area (TPSA) is 67.9 Å². The van der Waals surface area contributed by atoms with Crippen molar-refractivity contribution in [1.82, 2.24) is 4.90 Å². The van der Waals surface area contributed by atoms with Crippen LogP contribution in [0.15, 0.2) is 66.4 Å². The zero-order chi connectivity index (χ0) is 24.4. The number of amides is 2. The summed E-state index contributed by atoms with van der Waals surface area (Å²) in [5.74, 6) is -0.227. The standard InChI is InChI=1S/C27H25FN2O4/c1-16-5-8-19(13-17(16)2)24-25(29-21-11-12-22(33-3)23(14-21)34-4)27(32)30(26(24)31)15-18-6-9-20(28)10-7-18/h5-14,29H,15H2,1-4H3. The number of benzene rings is 3. The predicted octanol–water partition coefficient (Wildman–Crippen LogP) is 4.85. The third kappa shape index (κ3) is 4.37. The van der Waals surface area contributed by atoms with E-state index in [1.165, 1.54) is 31.3 Å². The SMILES string of the molecule is COc1ccc(NC2=C(c3ccc(C)c(C)c3)C(=O)N(Cc3ccc(F)cc3)C2=O)cc1OC. The Morgan fingerprint density at radius 1 is 0.824 bits per heavy atom. The van der Waals surface area contributed by atoms with Crippen molar-refractivity contribution in [2.24, 2.45) is 0 Å². The van der Waals surface area contributed by atoms with Gasteiger partial charge in [-0.15, -0.1) is 0 Å². The number of ether oxygens (including phenoxy) is 2. The number of aryl methyl sites for hydroxylation is 2. The van der Waals surface area contributed by atoms with Crippen LogP contribution in [0.5, 0.6) is 11.5 Å². The van der Waals surface area contributed by atoms with E-state index in [0.29, 0.717) is 28.3 Å². The monoisotopic (exact) mass is 460 g/mol. The molecule has 0 unspecified atom stereocenters. The number of hydrogen-bond acceptors (Lipinski definition) is 5. The summed E-state index contributed by atoms with van der Waals surface area (Å²) in [6, 6.07) is 16.5. The number of nitrogens with zero attached hydrogens (tertiary/aromatic N) is 1. The van der Waals surface area contributed by atoms with Crippen LogP contribution < -0.4 is 14.8 Å². The van der Waals surface area contributed by atoms with Crippen LogP contribution in [0.2, 0.25) is 0 Å². The van der Waals surface area contributed by atoms with Crippen molar-refractivity contribution in [2.75, 3.05) is 19.5 Å². The van der Waals surface area contributed by atoms with E-state index in [1.807, 2.05) is 32.0 Å². The number of imide groups is 1. The molecule has 1 aliphatic heterocycles. The number of carbonyl (C=O) groups is 2. The first kappa shape index (κ1) is 23.0. The Balaban J connectivity index is 1.76. The normalized spacial score (nSPS) is 13.5. The highest BCUT2D eigenvalue weighted by Gasteiger charge is 2.39. The Hall–Kier alpha value is -4.13. The minimum atomic E-state index is -0.461. The second kappa shape index (κ2) is 9.39. The van der Waals surface area contributed by atoms with E-state index < -0.39 is 11.8 Å². The molecule has 4 rings (SSSR count). The summed E-state index contributed by atoms with van der Waals surface area (Å²) in [6.07, 6.45) is 0. The number of hydrogen-bond donors (Lipinski definition) is 1. The van der Waals surface area contributed by atoms with Gasteiger partial charge in [0.15, 0.2) is 11.5 Å². The van der Waals surface area contributed by atoms with E-state index in [4.69, 9.17) is 9.47 Å². The Bertz CT molecular complexity index is 1300. The molecule has 0 radical (unpaired) electrons. The first-order chi connectivity index (χ1) is 16.3. The van der Waals surface area contributed by atoms with E-state index in [-0.39, 0.29) is 23.6 Å². The van der Waals surface area contributed by atoms with Gasteiger partial charge in [-0.2, -0.15) is 0 Å². The van der Waals surface area contributed by atoms with E-state index >= 15 is 0 Å². The Morgan fingerprint density at radius 2 is 1.53 bits per heavy atom. The third-order valence-electron chi connectivity index (χ3n) is 5.87. The van der Waals surface area contributed by atoms with Crippen molar-refractivity contribution < 1.29 is 23.5 Å². The van der Waals surface area contributed by atoms with Crippen molar-refractivity contribution in [3.63, 3.8) is 0 Å². The summed E-state index contributed by atoms with van der Waals surface area (Å²) < 4.78 is 24.0. The fourth-order valence-electron chi connectivity index (χ4n) is 3.83. The van der Waals surface area contributed by atoms with Crippen LogP contribution in [-0.4, -0.2) is 30.9 Å². The van der Waals surface area contributed by atoms with Gasteiger partial charge < -0.3 is 14.8 Å². The molecule has 0 fully saturated rings. The maximum absolute atomic E-state index is 13.5. The van der Waals surface area contributed by atoms with Gasteiger partial charge in [0.25, 0.3) is 11.8 Å². The molecule has 0 atom stereocenters. The molecule has 174 valence electrons. The first-order valence-corrected chi connectivity index (χ1v) is 10.7. The minimum Gasteiger partial charge on any atom is -0.493 e. The van der Waals surface area contributed by atoms with E-state index in [9.17, 15) is 14.0 Å². The lowest BCUT2D eigenvalue weighted by molar-refractivity contribution is -0.137. The number of nitrogens with one attached hydrogen (secondary N) is 1. The van der Waals surface area contributed by atoms with Gasteiger partial charge in [0, 0.05) is 11.8 Å². The van der Waals surface area contributed by atoms with Gasteiger partial charge in [0.05, 0.1) is 26.3 Å². The molecule has 6 nitrogen and oxygen atoms in total. The van der Waals surface area contributed by atoms with Gasteiger partial charge in [0.1, 0.15) is 11.5 Å². The molecular weight excluding hydrogens is 435 g/mol. The van der Waals surface area contributed by atoms with Crippen molar-refractivity contribution in [2.45, 2.75) is 20.4 Å². The predicted molar refractivity (Wildman–Crippen MR) is 128 cm³/mol. The molecule has 1 aliphatic rings. The summed E-state index contributed by atoms with van der Waals surface area (Å²) in [5, 5.41) is 3.13. The number of carbonyl (C=O) groups excluding carboxylic acids is 2. The smallest absolute Gasteiger partial charge is 0.278 e. The highest BCUT2D eigenvalue weighted by molar-refractivity contribution is 6.36. The van der Waals surface area contributed by atoms with Crippen molar-refractivity contribution >= 4 is 23.1 Å². The van der Waals surface area contributed by atoms with Gasteiger partial charge >= 0.3 is 0 Å². The highest BCUT2D eigenvalue weighted by Crippen LogP contribution is 2.35. The van der Waals surface area contributed by atoms with Gasteiger partial charge in [-0.3, -0.25) is 14.5 Å². The molecule has 0 aromatic heterocycles. The van der Waals surface area contributed by atoms with Gasteiger partial charge in [0.2, 0.25) is 0 Å². The molecular formula is C27H25FN2O4. The average molecular weight is 461 g/mol. The largest absolute Gasteiger partial charge is 0.493 e. The highest BCUT2D eigenvalue weighted by atomic mass is 19.1. The summed E-state index contributed by atoms with van der Waals surface area (Å²) in [4.78, 5) is 28.1. The molecule has 2 amide bonds. The quantitative estimate of drug-likeness (QED) is 0.511. The zero-order valence-corrected chi connectivity index (χ0v) is 19.4.